The molecule has 3 rings (SSSR count). The van der Waals surface area contributed by atoms with Gasteiger partial charge < -0.3 is 0 Å². The van der Waals surface area contributed by atoms with Crippen molar-refractivity contribution in [2.24, 2.45) is 0 Å². The molecule has 0 radical (unpaired) electrons. The molecule has 2 aromatic heterocycles. The first-order valence-electron chi connectivity index (χ1n) is 6.08. The third-order valence-corrected chi connectivity index (χ3v) is 4.74. The van der Waals surface area contributed by atoms with Gasteiger partial charge in [-0.05, 0) is 13.0 Å². The smallest absolute Gasteiger partial charge is 0.277 e. The van der Waals surface area contributed by atoms with Crippen molar-refractivity contribution in [1.29, 1.82) is 0 Å². The first-order chi connectivity index (χ1) is 10.1. The molecule has 1 amide bonds. The van der Waals surface area contributed by atoms with Gasteiger partial charge in [0, 0.05) is 22.2 Å². The van der Waals surface area contributed by atoms with Crippen molar-refractivity contribution in [3.05, 3.63) is 51.6 Å². The SMILES string of the molecule is Cc1nc(C(=O)Nc2nccs2)c(-c2ccccc2Cl)s1. The van der Waals surface area contributed by atoms with Gasteiger partial charge in [0.2, 0.25) is 0 Å². The quantitative estimate of drug-likeness (QED) is 0.767. The summed E-state index contributed by atoms with van der Waals surface area (Å²) in [5, 5.41) is 6.52. The molecule has 4 nitrogen and oxygen atoms in total. The molecular formula is C14H10ClN3OS2. The van der Waals surface area contributed by atoms with Gasteiger partial charge in [-0.1, -0.05) is 29.8 Å². The zero-order chi connectivity index (χ0) is 14.8. The Balaban J connectivity index is 2.00. The van der Waals surface area contributed by atoms with Gasteiger partial charge in [-0.15, -0.1) is 22.7 Å². The summed E-state index contributed by atoms with van der Waals surface area (Å²) in [6, 6.07) is 7.43. The van der Waals surface area contributed by atoms with Crippen LogP contribution in [0.2, 0.25) is 5.02 Å². The van der Waals surface area contributed by atoms with Gasteiger partial charge in [-0.2, -0.15) is 0 Å². The third kappa shape index (κ3) is 2.97. The number of aryl methyl sites for hydroxylation is 1. The molecular weight excluding hydrogens is 326 g/mol. The van der Waals surface area contributed by atoms with E-state index in [4.69, 9.17) is 11.6 Å². The van der Waals surface area contributed by atoms with Crippen LogP contribution in [-0.4, -0.2) is 15.9 Å². The van der Waals surface area contributed by atoms with Crippen LogP contribution in [0.1, 0.15) is 15.5 Å². The lowest BCUT2D eigenvalue weighted by atomic mass is 10.1. The molecule has 0 saturated heterocycles. The van der Waals surface area contributed by atoms with E-state index in [1.165, 1.54) is 22.7 Å². The predicted octanol–water partition coefficient (Wildman–Crippen LogP) is 4.48. The van der Waals surface area contributed by atoms with Crippen molar-refractivity contribution >= 4 is 45.3 Å². The highest BCUT2D eigenvalue weighted by atomic mass is 35.5. The standard InChI is InChI=1S/C14H10ClN3OS2/c1-8-17-11(13(19)18-14-16-6-7-20-14)12(21-8)9-4-2-3-5-10(9)15/h2-7H,1H3,(H,16,18,19). The van der Waals surface area contributed by atoms with Gasteiger partial charge in [0.05, 0.1) is 9.88 Å². The summed E-state index contributed by atoms with van der Waals surface area (Å²) in [6.45, 7) is 1.87. The molecule has 0 saturated carbocycles. The minimum Gasteiger partial charge on any atom is -0.296 e. The molecule has 0 spiro atoms. The van der Waals surface area contributed by atoms with Crippen molar-refractivity contribution in [1.82, 2.24) is 9.97 Å². The molecule has 0 fully saturated rings. The molecule has 2 heterocycles. The van der Waals surface area contributed by atoms with Crippen LogP contribution in [0.4, 0.5) is 5.13 Å². The van der Waals surface area contributed by atoms with Gasteiger partial charge in [0.15, 0.2) is 5.13 Å². The monoisotopic (exact) mass is 335 g/mol. The first-order valence-corrected chi connectivity index (χ1v) is 8.15. The van der Waals surface area contributed by atoms with Crippen molar-refractivity contribution in [3.8, 4) is 10.4 Å². The predicted molar refractivity (Wildman–Crippen MR) is 87.4 cm³/mol. The van der Waals surface area contributed by atoms with Crippen molar-refractivity contribution in [3.63, 3.8) is 0 Å². The largest absolute Gasteiger partial charge is 0.296 e. The molecule has 0 unspecified atom stereocenters. The number of aromatic nitrogens is 2. The van der Waals surface area contributed by atoms with E-state index >= 15 is 0 Å². The van der Waals surface area contributed by atoms with Gasteiger partial charge in [0.1, 0.15) is 5.69 Å². The summed E-state index contributed by atoms with van der Waals surface area (Å²) >= 11 is 9.04. The molecule has 0 atom stereocenters. The van der Waals surface area contributed by atoms with E-state index in [0.717, 1.165) is 15.4 Å². The van der Waals surface area contributed by atoms with Crippen molar-refractivity contribution < 1.29 is 4.79 Å². The van der Waals surface area contributed by atoms with Crippen LogP contribution in [0.25, 0.3) is 10.4 Å². The Hall–Kier alpha value is -1.76. The molecule has 7 heteroatoms. The van der Waals surface area contributed by atoms with Crippen LogP contribution < -0.4 is 5.32 Å². The molecule has 0 bridgehead atoms. The average Bonchev–Trinajstić information content (AvgIpc) is 3.09. The molecule has 1 aromatic carbocycles. The number of carbonyl (C=O) groups excluding carboxylic acids is 1. The number of carbonyl (C=O) groups is 1. The van der Waals surface area contributed by atoms with Crippen LogP contribution >= 0.6 is 34.3 Å². The van der Waals surface area contributed by atoms with E-state index in [-0.39, 0.29) is 5.91 Å². The summed E-state index contributed by atoms with van der Waals surface area (Å²) < 4.78 is 0. The minimum absolute atomic E-state index is 0.274. The van der Waals surface area contributed by atoms with Gasteiger partial charge >= 0.3 is 0 Å². The van der Waals surface area contributed by atoms with E-state index in [2.05, 4.69) is 15.3 Å². The summed E-state index contributed by atoms with van der Waals surface area (Å²) in [6.07, 6.45) is 1.64. The normalized spacial score (nSPS) is 10.6. The zero-order valence-corrected chi connectivity index (χ0v) is 13.4. The van der Waals surface area contributed by atoms with Crippen molar-refractivity contribution in [2.45, 2.75) is 6.92 Å². The molecule has 3 aromatic rings. The van der Waals surface area contributed by atoms with Crippen LogP contribution in [0.5, 0.6) is 0 Å². The van der Waals surface area contributed by atoms with E-state index in [0.29, 0.717) is 15.8 Å². The Kier molecular flexibility index (Phi) is 4.01. The molecule has 21 heavy (non-hydrogen) atoms. The Morgan fingerprint density at radius 1 is 1.33 bits per heavy atom. The molecule has 0 aliphatic rings. The van der Waals surface area contributed by atoms with Crippen LogP contribution in [0.3, 0.4) is 0 Å². The first kappa shape index (κ1) is 14.2. The molecule has 0 aliphatic carbocycles. The summed E-state index contributed by atoms with van der Waals surface area (Å²) in [7, 11) is 0. The Morgan fingerprint density at radius 3 is 2.86 bits per heavy atom. The maximum Gasteiger partial charge on any atom is 0.277 e. The number of hydrogen-bond acceptors (Lipinski definition) is 5. The number of nitrogens with one attached hydrogen (secondary N) is 1. The highest BCUT2D eigenvalue weighted by Gasteiger charge is 2.20. The average molecular weight is 336 g/mol. The lowest BCUT2D eigenvalue weighted by Crippen LogP contribution is -2.13. The number of thiazole rings is 2. The summed E-state index contributed by atoms with van der Waals surface area (Å²) in [4.78, 5) is 21.5. The highest BCUT2D eigenvalue weighted by molar-refractivity contribution is 7.15. The number of nitrogens with zero attached hydrogens (tertiary/aromatic N) is 2. The second-order valence-electron chi connectivity index (χ2n) is 4.18. The Labute approximate surface area is 134 Å². The summed E-state index contributed by atoms with van der Waals surface area (Å²) in [5.74, 6) is -0.274. The van der Waals surface area contributed by atoms with Crippen molar-refractivity contribution in [2.75, 3.05) is 5.32 Å². The van der Waals surface area contributed by atoms with Crippen LogP contribution in [-0.2, 0) is 0 Å². The fraction of sp³-hybridized carbons (Fsp3) is 0.0714. The maximum atomic E-state index is 12.4. The molecule has 0 aliphatic heterocycles. The number of halogens is 1. The van der Waals surface area contributed by atoms with Gasteiger partial charge in [0.25, 0.3) is 5.91 Å². The molecule has 1 N–H and O–H groups in total. The van der Waals surface area contributed by atoms with E-state index < -0.39 is 0 Å². The van der Waals surface area contributed by atoms with Gasteiger partial charge in [-0.25, -0.2) is 9.97 Å². The van der Waals surface area contributed by atoms with E-state index in [1.54, 1.807) is 17.6 Å². The number of hydrogen-bond donors (Lipinski definition) is 1. The third-order valence-electron chi connectivity index (χ3n) is 2.72. The van der Waals surface area contributed by atoms with Crippen LogP contribution in [0, 0.1) is 6.92 Å². The number of anilines is 1. The Bertz CT molecular complexity index is 783. The topological polar surface area (TPSA) is 54.9 Å². The lowest BCUT2D eigenvalue weighted by Gasteiger charge is -2.04. The number of amides is 1. The van der Waals surface area contributed by atoms with Crippen LogP contribution in [0.15, 0.2) is 35.8 Å². The maximum absolute atomic E-state index is 12.4. The second-order valence-corrected chi connectivity index (χ2v) is 6.69. The van der Waals surface area contributed by atoms with E-state index in [9.17, 15) is 4.79 Å². The highest BCUT2D eigenvalue weighted by Crippen LogP contribution is 2.35. The number of benzene rings is 1. The Morgan fingerprint density at radius 2 is 2.14 bits per heavy atom. The minimum atomic E-state index is -0.274. The fourth-order valence-electron chi connectivity index (χ4n) is 1.85. The number of rotatable bonds is 3. The van der Waals surface area contributed by atoms with Gasteiger partial charge in [-0.3, -0.25) is 10.1 Å². The fourth-order valence-corrected chi connectivity index (χ4v) is 3.62. The van der Waals surface area contributed by atoms with E-state index in [1.807, 2.05) is 25.1 Å². The second kappa shape index (κ2) is 5.93. The summed E-state index contributed by atoms with van der Waals surface area (Å²) in [5.41, 5.74) is 1.19. The molecule has 106 valence electrons. The lowest BCUT2D eigenvalue weighted by molar-refractivity contribution is 0.102. The zero-order valence-electron chi connectivity index (χ0n) is 11.0.